The number of anilines is 1. The van der Waals surface area contributed by atoms with Crippen molar-refractivity contribution in [3.05, 3.63) is 64.1 Å². The molecule has 0 spiro atoms. The average Bonchev–Trinajstić information content (AvgIpc) is 2.75. The highest BCUT2D eigenvalue weighted by Crippen LogP contribution is 2.22. The summed E-state index contributed by atoms with van der Waals surface area (Å²) in [6.07, 6.45) is 0. The van der Waals surface area contributed by atoms with Crippen LogP contribution in [0.5, 0.6) is 0 Å². The lowest BCUT2D eigenvalue weighted by atomic mass is 10.2. The fraction of sp³-hybridized carbons (Fsp3) is 0.333. The third-order valence-corrected chi connectivity index (χ3v) is 6.11. The Kier molecular flexibility index (Phi) is 7.72. The molecule has 3 rings (SSSR count). The first-order valence-corrected chi connectivity index (χ1v) is 10.6. The van der Waals surface area contributed by atoms with Gasteiger partial charge >= 0.3 is 0 Å². The summed E-state index contributed by atoms with van der Waals surface area (Å²) in [5, 5.41) is 5.06. The van der Waals surface area contributed by atoms with E-state index < -0.39 is 0 Å². The van der Waals surface area contributed by atoms with Crippen LogP contribution in [0.4, 0.5) is 5.69 Å². The van der Waals surface area contributed by atoms with Gasteiger partial charge in [-0.25, -0.2) is 0 Å². The maximum atomic E-state index is 12.6. The minimum absolute atomic E-state index is 0.0879. The Morgan fingerprint density at radius 1 is 1.07 bits per heavy atom. The van der Waals surface area contributed by atoms with Crippen molar-refractivity contribution < 1.29 is 4.79 Å². The van der Waals surface area contributed by atoms with Crippen molar-refractivity contribution >= 4 is 52.1 Å². The molecule has 0 radical (unpaired) electrons. The number of hydrogen-bond acceptors (Lipinski definition) is 3. The Balaban J connectivity index is 1.43. The molecule has 0 atom stereocenters. The Morgan fingerprint density at radius 3 is 2.41 bits per heavy atom. The van der Waals surface area contributed by atoms with E-state index in [1.54, 1.807) is 11.0 Å². The van der Waals surface area contributed by atoms with Crippen LogP contribution in [0.3, 0.4) is 0 Å². The van der Waals surface area contributed by atoms with Gasteiger partial charge in [-0.3, -0.25) is 9.69 Å². The summed E-state index contributed by atoms with van der Waals surface area (Å²) in [5.74, 6) is 0.0879. The first-order valence-electron chi connectivity index (χ1n) is 9.44. The number of carbonyl (C=O) groups is 1. The number of hydrogen-bond donors (Lipinski definition) is 1. The summed E-state index contributed by atoms with van der Waals surface area (Å²) < 4.78 is 0. The molecule has 0 aromatic heterocycles. The van der Waals surface area contributed by atoms with Gasteiger partial charge in [-0.15, -0.1) is 0 Å². The van der Waals surface area contributed by atoms with Gasteiger partial charge in [0.1, 0.15) is 0 Å². The zero-order chi connectivity index (χ0) is 20.8. The number of nitrogens with zero attached hydrogens (tertiary/aromatic N) is 3. The first-order chi connectivity index (χ1) is 13.9. The minimum Gasteiger partial charge on any atom is -0.358 e. The van der Waals surface area contributed by atoms with Crippen LogP contribution in [0.15, 0.2) is 48.5 Å². The van der Waals surface area contributed by atoms with E-state index in [0.29, 0.717) is 28.2 Å². The van der Waals surface area contributed by atoms with Crippen LogP contribution in [0.2, 0.25) is 10.0 Å². The maximum Gasteiger partial charge on any atom is 0.240 e. The molecule has 1 N–H and O–H groups in total. The second kappa shape index (κ2) is 10.3. The van der Waals surface area contributed by atoms with Crippen molar-refractivity contribution in [3.63, 3.8) is 0 Å². The maximum absolute atomic E-state index is 12.6. The predicted molar refractivity (Wildman–Crippen MR) is 124 cm³/mol. The van der Waals surface area contributed by atoms with Gasteiger partial charge in [0.25, 0.3) is 0 Å². The van der Waals surface area contributed by atoms with Gasteiger partial charge in [-0.05, 0) is 42.0 Å². The van der Waals surface area contributed by atoms with Crippen LogP contribution in [0.1, 0.15) is 5.56 Å². The number of nitrogens with one attached hydrogen (secondary N) is 1. The molecule has 0 unspecified atom stereocenters. The largest absolute Gasteiger partial charge is 0.358 e. The van der Waals surface area contributed by atoms with Crippen molar-refractivity contribution in [2.24, 2.45) is 0 Å². The van der Waals surface area contributed by atoms with Crippen molar-refractivity contribution in [1.29, 1.82) is 0 Å². The normalized spacial score (nSPS) is 14.5. The lowest BCUT2D eigenvalue weighted by Crippen LogP contribution is -2.53. The minimum atomic E-state index is 0.0879. The van der Waals surface area contributed by atoms with E-state index in [1.165, 1.54) is 0 Å². The molecular formula is C21H24Cl2N4OS. The zero-order valence-corrected chi connectivity index (χ0v) is 18.6. The van der Waals surface area contributed by atoms with Gasteiger partial charge in [0.05, 0.1) is 16.6 Å². The van der Waals surface area contributed by atoms with E-state index in [4.69, 9.17) is 35.4 Å². The van der Waals surface area contributed by atoms with Crippen LogP contribution in [0, 0.1) is 0 Å². The second-order valence-corrected chi connectivity index (χ2v) is 8.16. The molecule has 8 heteroatoms. The topological polar surface area (TPSA) is 38.8 Å². The number of para-hydroxylation sites is 1. The predicted octanol–water partition coefficient (Wildman–Crippen LogP) is 3.65. The Hall–Kier alpha value is -1.86. The van der Waals surface area contributed by atoms with Crippen LogP contribution in [0.25, 0.3) is 0 Å². The monoisotopic (exact) mass is 450 g/mol. The summed E-state index contributed by atoms with van der Waals surface area (Å²) in [6.45, 7) is 4.16. The second-order valence-electron chi connectivity index (χ2n) is 6.96. The molecule has 29 heavy (non-hydrogen) atoms. The molecule has 0 saturated carbocycles. The number of rotatable bonds is 5. The van der Waals surface area contributed by atoms with Gasteiger partial charge in [0.2, 0.25) is 5.91 Å². The SMILES string of the molecule is CN(C(=O)CN1CCN(C(=S)NCc2ccc(Cl)c(Cl)c2)CC1)c1ccccc1. The highest BCUT2D eigenvalue weighted by atomic mass is 35.5. The molecule has 0 bridgehead atoms. The van der Waals surface area contributed by atoms with E-state index >= 15 is 0 Å². The summed E-state index contributed by atoms with van der Waals surface area (Å²) in [5.41, 5.74) is 1.93. The van der Waals surface area contributed by atoms with Gasteiger partial charge in [-0.1, -0.05) is 47.5 Å². The molecule has 0 aliphatic carbocycles. The number of halogens is 2. The molecule has 1 saturated heterocycles. The first kappa shape index (κ1) is 21.8. The van der Waals surface area contributed by atoms with E-state index in [-0.39, 0.29) is 5.91 Å². The number of thiocarbonyl (C=S) groups is 1. The van der Waals surface area contributed by atoms with Crippen molar-refractivity contribution in [3.8, 4) is 0 Å². The molecule has 1 aliphatic heterocycles. The number of carbonyl (C=O) groups excluding carboxylic acids is 1. The van der Waals surface area contributed by atoms with Crippen LogP contribution in [-0.2, 0) is 11.3 Å². The summed E-state index contributed by atoms with van der Waals surface area (Å²) >= 11 is 17.5. The van der Waals surface area contributed by atoms with Crippen LogP contribution >= 0.6 is 35.4 Å². The fourth-order valence-electron chi connectivity index (χ4n) is 3.14. The lowest BCUT2D eigenvalue weighted by molar-refractivity contribution is -0.119. The molecule has 154 valence electrons. The van der Waals surface area contributed by atoms with Crippen LogP contribution in [-0.4, -0.2) is 60.6 Å². The molecule has 1 fully saturated rings. The van der Waals surface area contributed by atoms with Crippen molar-refractivity contribution in [1.82, 2.24) is 15.1 Å². The fourth-order valence-corrected chi connectivity index (χ4v) is 3.72. The third-order valence-electron chi connectivity index (χ3n) is 4.96. The van der Waals surface area contributed by atoms with Crippen molar-refractivity contribution in [2.75, 3.05) is 44.7 Å². The Bertz CT molecular complexity index is 857. The summed E-state index contributed by atoms with van der Waals surface area (Å²) in [4.78, 5) is 18.6. The molecule has 2 aromatic rings. The molecule has 2 aromatic carbocycles. The Labute approximate surface area is 187 Å². The smallest absolute Gasteiger partial charge is 0.240 e. The van der Waals surface area contributed by atoms with E-state index in [0.717, 1.165) is 37.4 Å². The number of likely N-dealkylation sites (N-methyl/N-ethyl adjacent to an activating group) is 1. The van der Waals surface area contributed by atoms with Gasteiger partial charge in [0, 0.05) is 45.5 Å². The zero-order valence-electron chi connectivity index (χ0n) is 16.3. The molecule has 1 heterocycles. The van der Waals surface area contributed by atoms with E-state index in [2.05, 4.69) is 15.1 Å². The highest BCUT2D eigenvalue weighted by Gasteiger charge is 2.22. The van der Waals surface area contributed by atoms with E-state index in [1.807, 2.05) is 49.5 Å². The Morgan fingerprint density at radius 2 is 1.76 bits per heavy atom. The van der Waals surface area contributed by atoms with Gasteiger partial charge in [0.15, 0.2) is 5.11 Å². The molecule has 5 nitrogen and oxygen atoms in total. The average molecular weight is 451 g/mol. The number of benzene rings is 2. The standard InChI is InChI=1S/C21H24Cl2N4OS/c1-25(17-5-3-2-4-6-17)20(28)15-26-9-11-27(12-10-26)21(29)24-14-16-7-8-18(22)19(23)13-16/h2-8,13H,9-12,14-15H2,1H3,(H,24,29). The third kappa shape index (κ3) is 6.06. The highest BCUT2D eigenvalue weighted by molar-refractivity contribution is 7.80. The van der Waals surface area contributed by atoms with Gasteiger partial charge in [-0.2, -0.15) is 0 Å². The summed E-state index contributed by atoms with van der Waals surface area (Å²) in [6, 6.07) is 15.2. The van der Waals surface area contributed by atoms with E-state index in [9.17, 15) is 4.79 Å². The van der Waals surface area contributed by atoms with Gasteiger partial charge < -0.3 is 15.1 Å². The van der Waals surface area contributed by atoms with Crippen LogP contribution < -0.4 is 10.2 Å². The van der Waals surface area contributed by atoms with Crippen molar-refractivity contribution in [2.45, 2.75) is 6.54 Å². The number of piperazine rings is 1. The molecule has 1 aliphatic rings. The lowest BCUT2D eigenvalue weighted by Gasteiger charge is -2.36. The number of amides is 1. The molecule has 1 amide bonds. The quantitative estimate of drug-likeness (QED) is 0.703. The summed E-state index contributed by atoms with van der Waals surface area (Å²) in [7, 11) is 1.82. The molecular weight excluding hydrogens is 427 g/mol.